The van der Waals surface area contributed by atoms with Crippen molar-refractivity contribution in [1.82, 2.24) is 10.6 Å². The number of rotatable bonds is 8. The van der Waals surface area contributed by atoms with E-state index in [1.165, 1.54) is 0 Å². The van der Waals surface area contributed by atoms with Gasteiger partial charge in [-0.2, -0.15) is 0 Å². The van der Waals surface area contributed by atoms with Crippen molar-refractivity contribution in [3.05, 3.63) is 34.9 Å². The van der Waals surface area contributed by atoms with Gasteiger partial charge in [0.2, 0.25) is 5.91 Å². The van der Waals surface area contributed by atoms with Gasteiger partial charge >= 0.3 is 0 Å². The lowest BCUT2D eigenvalue weighted by Gasteiger charge is -2.24. The summed E-state index contributed by atoms with van der Waals surface area (Å²) in [6, 6.07) is 7.38. The molecule has 0 fully saturated rings. The van der Waals surface area contributed by atoms with Crippen LogP contribution in [0.4, 0.5) is 0 Å². The molecule has 0 radical (unpaired) electrons. The molecule has 0 heterocycles. The van der Waals surface area contributed by atoms with Gasteiger partial charge in [0.1, 0.15) is 0 Å². The lowest BCUT2D eigenvalue weighted by atomic mass is 9.84. The quantitative estimate of drug-likeness (QED) is 0.722. The van der Waals surface area contributed by atoms with Gasteiger partial charge in [-0.3, -0.25) is 4.79 Å². The molecular formula is C15H23ClN2O2. The van der Waals surface area contributed by atoms with Gasteiger partial charge in [-0.15, -0.1) is 0 Å². The molecule has 0 aliphatic heterocycles. The van der Waals surface area contributed by atoms with Gasteiger partial charge in [0.15, 0.2) is 0 Å². The minimum atomic E-state index is -0.572. The van der Waals surface area contributed by atoms with Crippen LogP contribution in [-0.4, -0.2) is 39.3 Å². The molecule has 0 aliphatic rings. The summed E-state index contributed by atoms with van der Waals surface area (Å²) in [5.74, 6) is 0.00774. The number of methoxy groups -OCH3 is 1. The Labute approximate surface area is 125 Å². The Kier molecular flexibility index (Phi) is 6.99. The number of benzene rings is 1. The van der Waals surface area contributed by atoms with Crippen LogP contribution >= 0.6 is 11.6 Å². The lowest BCUT2D eigenvalue weighted by Crippen LogP contribution is -2.42. The Morgan fingerprint density at radius 3 is 2.45 bits per heavy atom. The molecule has 4 nitrogen and oxygen atoms in total. The topological polar surface area (TPSA) is 50.4 Å². The Balaban J connectivity index is 2.43. The average molecular weight is 299 g/mol. The maximum absolute atomic E-state index is 12.2. The van der Waals surface area contributed by atoms with Gasteiger partial charge in [0, 0.05) is 31.8 Å². The Morgan fingerprint density at radius 1 is 1.20 bits per heavy atom. The third-order valence-corrected chi connectivity index (χ3v) is 3.46. The van der Waals surface area contributed by atoms with Gasteiger partial charge in [-0.1, -0.05) is 23.7 Å². The molecule has 0 unspecified atom stereocenters. The fraction of sp³-hybridized carbons (Fsp3) is 0.533. The number of nitrogens with one attached hydrogen (secondary N) is 2. The van der Waals surface area contributed by atoms with Crippen LogP contribution in [0.5, 0.6) is 0 Å². The molecular weight excluding hydrogens is 276 g/mol. The molecule has 0 saturated heterocycles. The van der Waals surface area contributed by atoms with E-state index in [0.29, 0.717) is 18.2 Å². The molecule has 5 heteroatoms. The van der Waals surface area contributed by atoms with Crippen molar-refractivity contribution in [3.63, 3.8) is 0 Å². The molecule has 1 aromatic carbocycles. The second-order valence-electron chi connectivity index (χ2n) is 5.13. The van der Waals surface area contributed by atoms with Gasteiger partial charge < -0.3 is 15.4 Å². The first-order valence-corrected chi connectivity index (χ1v) is 7.10. The summed E-state index contributed by atoms with van der Waals surface area (Å²) in [6.45, 7) is 6.59. The maximum Gasteiger partial charge on any atom is 0.230 e. The van der Waals surface area contributed by atoms with Crippen LogP contribution in [0.2, 0.25) is 5.02 Å². The molecule has 20 heavy (non-hydrogen) atoms. The van der Waals surface area contributed by atoms with Crippen LogP contribution in [0.1, 0.15) is 19.4 Å². The van der Waals surface area contributed by atoms with Gasteiger partial charge in [-0.05, 0) is 31.5 Å². The van der Waals surface area contributed by atoms with E-state index in [-0.39, 0.29) is 5.91 Å². The zero-order valence-corrected chi connectivity index (χ0v) is 13.1. The fourth-order valence-corrected chi connectivity index (χ4v) is 1.91. The van der Waals surface area contributed by atoms with Crippen molar-refractivity contribution in [2.75, 3.05) is 33.4 Å². The molecule has 112 valence electrons. The van der Waals surface area contributed by atoms with E-state index in [1.54, 1.807) is 19.2 Å². The molecule has 0 aliphatic carbocycles. The van der Waals surface area contributed by atoms with Crippen molar-refractivity contribution >= 4 is 17.5 Å². The first-order chi connectivity index (χ1) is 9.48. The number of hydrogen-bond acceptors (Lipinski definition) is 3. The highest BCUT2D eigenvalue weighted by Crippen LogP contribution is 2.24. The van der Waals surface area contributed by atoms with E-state index in [2.05, 4.69) is 10.6 Å². The number of carbonyl (C=O) groups is 1. The third kappa shape index (κ3) is 5.12. The minimum Gasteiger partial charge on any atom is -0.383 e. The van der Waals surface area contributed by atoms with E-state index in [1.807, 2.05) is 26.0 Å². The zero-order chi connectivity index (χ0) is 15.0. The predicted molar refractivity (Wildman–Crippen MR) is 82.2 cm³/mol. The Hall–Kier alpha value is -1.10. The van der Waals surface area contributed by atoms with E-state index < -0.39 is 5.41 Å². The highest BCUT2D eigenvalue weighted by molar-refractivity contribution is 6.30. The number of hydrogen-bond donors (Lipinski definition) is 2. The van der Waals surface area contributed by atoms with Crippen molar-refractivity contribution in [3.8, 4) is 0 Å². The van der Waals surface area contributed by atoms with E-state index in [9.17, 15) is 4.79 Å². The SMILES string of the molecule is COCCNCCNC(=O)C(C)(C)c1ccc(Cl)cc1. The summed E-state index contributed by atoms with van der Waals surface area (Å²) in [7, 11) is 1.66. The van der Waals surface area contributed by atoms with E-state index >= 15 is 0 Å². The number of carbonyl (C=O) groups excluding carboxylic acids is 1. The van der Waals surface area contributed by atoms with Gasteiger partial charge in [0.25, 0.3) is 0 Å². The second-order valence-corrected chi connectivity index (χ2v) is 5.57. The molecule has 0 bridgehead atoms. The molecule has 2 N–H and O–H groups in total. The summed E-state index contributed by atoms with van der Waals surface area (Å²) in [5, 5.41) is 6.79. The largest absolute Gasteiger partial charge is 0.383 e. The summed E-state index contributed by atoms with van der Waals surface area (Å²) in [6.07, 6.45) is 0. The molecule has 0 aromatic heterocycles. The number of ether oxygens (including phenoxy) is 1. The lowest BCUT2D eigenvalue weighted by molar-refractivity contribution is -0.125. The van der Waals surface area contributed by atoms with Crippen LogP contribution in [0.3, 0.4) is 0 Å². The van der Waals surface area contributed by atoms with Gasteiger partial charge in [-0.25, -0.2) is 0 Å². The van der Waals surface area contributed by atoms with Crippen LogP contribution in [-0.2, 0) is 14.9 Å². The van der Waals surface area contributed by atoms with Crippen molar-refractivity contribution in [2.24, 2.45) is 0 Å². The fourth-order valence-electron chi connectivity index (χ4n) is 1.78. The smallest absolute Gasteiger partial charge is 0.230 e. The summed E-state index contributed by atoms with van der Waals surface area (Å²) < 4.78 is 4.93. The minimum absolute atomic E-state index is 0.00774. The van der Waals surface area contributed by atoms with E-state index in [4.69, 9.17) is 16.3 Å². The third-order valence-electron chi connectivity index (χ3n) is 3.20. The highest BCUT2D eigenvalue weighted by atomic mass is 35.5. The molecule has 1 aromatic rings. The maximum atomic E-state index is 12.2. The Bertz CT molecular complexity index is 418. The van der Waals surface area contributed by atoms with Crippen molar-refractivity contribution in [2.45, 2.75) is 19.3 Å². The monoisotopic (exact) mass is 298 g/mol. The van der Waals surface area contributed by atoms with Crippen molar-refractivity contribution in [1.29, 1.82) is 0 Å². The van der Waals surface area contributed by atoms with Crippen molar-refractivity contribution < 1.29 is 9.53 Å². The zero-order valence-electron chi connectivity index (χ0n) is 12.3. The average Bonchev–Trinajstić information content (AvgIpc) is 2.43. The molecule has 0 spiro atoms. The van der Waals surface area contributed by atoms with Crippen LogP contribution in [0, 0.1) is 0 Å². The van der Waals surface area contributed by atoms with E-state index in [0.717, 1.165) is 18.7 Å². The predicted octanol–water partition coefficient (Wildman–Crippen LogP) is 1.97. The van der Waals surface area contributed by atoms with Crippen LogP contribution in [0.15, 0.2) is 24.3 Å². The first-order valence-electron chi connectivity index (χ1n) is 6.72. The summed E-state index contributed by atoms with van der Waals surface area (Å²) in [5.41, 5.74) is 0.378. The molecule has 1 amide bonds. The number of halogens is 1. The summed E-state index contributed by atoms with van der Waals surface area (Å²) in [4.78, 5) is 12.2. The standard InChI is InChI=1S/C15H23ClN2O2/c1-15(2,12-4-6-13(16)7-5-12)14(19)18-9-8-17-10-11-20-3/h4-7,17H,8-11H2,1-3H3,(H,18,19). The first kappa shape index (κ1) is 17.0. The highest BCUT2D eigenvalue weighted by Gasteiger charge is 2.29. The molecule has 0 atom stereocenters. The van der Waals surface area contributed by atoms with Gasteiger partial charge in [0.05, 0.1) is 12.0 Å². The Morgan fingerprint density at radius 2 is 1.85 bits per heavy atom. The second kappa shape index (κ2) is 8.25. The normalized spacial score (nSPS) is 11.4. The summed E-state index contributed by atoms with van der Waals surface area (Å²) >= 11 is 5.87. The molecule has 1 rings (SSSR count). The number of amides is 1. The van der Waals surface area contributed by atoms with Crippen LogP contribution < -0.4 is 10.6 Å². The molecule has 0 saturated carbocycles. The van der Waals surface area contributed by atoms with Crippen LogP contribution in [0.25, 0.3) is 0 Å².